The lowest BCUT2D eigenvalue weighted by Gasteiger charge is -2.29. The number of para-hydroxylation sites is 2. The fourth-order valence-corrected chi connectivity index (χ4v) is 5.49. The van der Waals surface area contributed by atoms with Crippen molar-refractivity contribution >= 4 is 45.6 Å². The molecule has 3 aromatic carbocycles. The highest BCUT2D eigenvalue weighted by Crippen LogP contribution is 2.47. The molecule has 2 atom stereocenters. The van der Waals surface area contributed by atoms with Crippen LogP contribution in [-0.2, 0) is 0 Å². The van der Waals surface area contributed by atoms with Gasteiger partial charge in [0, 0.05) is 40.4 Å². The van der Waals surface area contributed by atoms with Crippen molar-refractivity contribution in [3.05, 3.63) is 115 Å². The van der Waals surface area contributed by atoms with Crippen LogP contribution in [0.2, 0.25) is 0 Å². The molecule has 0 fully saturated rings. The minimum absolute atomic E-state index is 0.106. The average molecular weight is 439 g/mol. The van der Waals surface area contributed by atoms with Gasteiger partial charge in [0.05, 0.1) is 22.6 Å². The van der Waals surface area contributed by atoms with E-state index in [4.69, 9.17) is 9.98 Å². The van der Waals surface area contributed by atoms with Crippen LogP contribution in [0.25, 0.3) is 33.7 Å². The first-order chi connectivity index (χ1) is 16.8. The number of aliphatic imine (C=N–C) groups is 1. The van der Waals surface area contributed by atoms with Crippen LogP contribution in [0.4, 0.5) is 11.4 Å². The van der Waals surface area contributed by atoms with Gasteiger partial charge in [0.25, 0.3) is 0 Å². The minimum atomic E-state index is 0.106. The summed E-state index contributed by atoms with van der Waals surface area (Å²) in [5.74, 6) is 0. The second-order valence-electron chi connectivity index (χ2n) is 8.76. The highest BCUT2D eigenvalue weighted by Gasteiger charge is 2.38. The zero-order valence-electron chi connectivity index (χ0n) is 18.5. The van der Waals surface area contributed by atoms with Gasteiger partial charge in [-0.15, -0.1) is 0 Å². The molecule has 0 radical (unpaired) electrons. The number of anilines is 2. The van der Waals surface area contributed by atoms with Crippen molar-refractivity contribution < 1.29 is 0 Å². The quantitative estimate of drug-likeness (QED) is 0.303. The molecule has 0 saturated carbocycles. The number of rotatable bonds is 3. The summed E-state index contributed by atoms with van der Waals surface area (Å²) < 4.78 is 2.31. The van der Waals surface area contributed by atoms with E-state index in [1.807, 2.05) is 24.6 Å². The van der Waals surface area contributed by atoms with Crippen LogP contribution in [0.5, 0.6) is 0 Å². The Labute approximate surface area is 197 Å². The molecule has 4 nitrogen and oxygen atoms in total. The molecule has 2 aliphatic rings. The molecule has 5 aromatic rings. The Kier molecular flexibility index (Phi) is 4.09. The van der Waals surface area contributed by atoms with E-state index in [-0.39, 0.29) is 12.1 Å². The van der Waals surface area contributed by atoms with Crippen LogP contribution in [-0.4, -0.2) is 21.8 Å². The van der Waals surface area contributed by atoms with Crippen molar-refractivity contribution in [1.29, 1.82) is 0 Å². The summed E-state index contributed by atoms with van der Waals surface area (Å²) in [6.45, 7) is 4.09. The third-order valence-corrected chi connectivity index (χ3v) is 6.90. The smallest absolute Gasteiger partial charge is 0.101 e. The molecule has 4 heteroatoms. The number of aromatic nitrogens is 2. The Morgan fingerprint density at radius 2 is 1.68 bits per heavy atom. The lowest BCUT2D eigenvalue weighted by molar-refractivity contribution is 0.667. The number of allylic oxidation sites excluding steroid dienone is 1. The van der Waals surface area contributed by atoms with Gasteiger partial charge < -0.3 is 9.47 Å². The Hall–Kier alpha value is -4.44. The number of benzene rings is 3. The Balaban J connectivity index is 1.49. The first-order valence-corrected chi connectivity index (χ1v) is 11.5. The van der Waals surface area contributed by atoms with Crippen LogP contribution < -0.4 is 4.90 Å². The summed E-state index contributed by atoms with van der Waals surface area (Å²) >= 11 is 0. The fraction of sp³-hybridized carbons (Fsp3) is 0.0667. The molecule has 4 heterocycles. The van der Waals surface area contributed by atoms with Crippen LogP contribution >= 0.6 is 0 Å². The van der Waals surface area contributed by atoms with Crippen molar-refractivity contribution in [2.24, 2.45) is 4.99 Å². The Morgan fingerprint density at radius 3 is 2.62 bits per heavy atom. The number of fused-ring (bicyclic) bond motifs is 6. The molecule has 2 unspecified atom stereocenters. The summed E-state index contributed by atoms with van der Waals surface area (Å²) in [4.78, 5) is 11.9. The normalized spacial score (nSPS) is 18.4. The largest absolute Gasteiger partial charge is 0.332 e. The summed E-state index contributed by atoms with van der Waals surface area (Å²) in [6.07, 6.45) is 10.0. The maximum absolute atomic E-state index is 4.82. The van der Waals surface area contributed by atoms with E-state index in [0.717, 1.165) is 38.9 Å². The van der Waals surface area contributed by atoms with Gasteiger partial charge in [0.1, 0.15) is 6.04 Å². The van der Waals surface area contributed by atoms with E-state index in [2.05, 4.69) is 101 Å². The van der Waals surface area contributed by atoms with Crippen molar-refractivity contribution in [3.8, 4) is 5.69 Å². The van der Waals surface area contributed by atoms with E-state index >= 15 is 0 Å². The van der Waals surface area contributed by atoms with Gasteiger partial charge in [-0.3, -0.25) is 9.98 Å². The predicted octanol–water partition coefficient (Wildman–Crippen LogP) is 7.02. The first kappa shape index (κ1) is 19.1. The minimum Gasteiger partial charge on any atom is -0.332 e. The number of pyridine rings is 1. The van der Waals surface area contributed by atoms with Crippen LogP contribution in [0.3, 0.4) is 0 Å². The van der Waals surface area contributed by atoms with Gasteiger partial charge in [-0.25, -0.2) is 0 Å². The zero-order valence-corrected chi connectivity index (χ0v) is 18.5. The zero-order chi connectivity index (χ0) is 22.6. The summed E-state index contributed by atoms with van der Waals surface area (Å²) in [5, 5.41) is 1.15. The van der Waals surface area contributed by atoms with E-state index in [9.17, 15) is 0 Å². The van der Waals surface area contributed by atoms with Gasteiger partial charge in [0.2, 0.25) is 0 Å². The molecule has 34 heavy (non-hydrogen) atoms. The molecule has 0 bridgehead atoms. The van der Waals surface area contributed by atoms with Crippen LogP contribution in [0.15, 0.2) is 109 Å². The van der Waals surface area contributed by atoms with Gasteiger partial charge in [-0.1, -0.05) is 55.1 Å². The second-order valence-corrected chi connectivity index (χ2v) is 8.76. The molecule has 2 aliphatic heterocycles. The van der Waals surface area contributed by atoms with Gasteiger partial charge >= 0.3 is 0 Å². The third kappa shape index (κ3) is 2.66. The van der Waals surface area contributed by atoms with E-state index in [1.165, 1.54) is 11.3 Å². The number of dihydropyridines is 1. The standard InChI is InChI=1S/C30H22N4/c1-2-20-17-21(33-25-11-5-3-9-23(25)29-27(33)13-7-15-31-29)19-22(18-20)34-26-12-6-4-10-24(26)30-28(34)14-8-16-32-30/h2-19,27,29H,1H2. The number of hydrogen-bond donors (Lipinski definition) is 0. The lowest BCUT2D eigenvalue weighted by atomic mass is 10.0. The van der Waals surface area contributed by atoms with E-state index in [0.29, 0.717) is 0 Å². The number of hydrogen-bond acceptors (Lipinski definition) is 3. The first-order valence-electron chi connectivity index (χ1n) is 11.5. The molecule has 0 amide bonds. The highest BCUT2D eigenvalue weighted by molar-refractivity contribution is 6.07. The van der Waals surface area contributed by atoms with Gasteiger partial charge in [-0.2, -0.15) is 0 Å². The molecule has 7 rings (SSSR count). The molecule has 162 valence electrons. The molecule has 0 aliphatic carbocycles. The van der Waals surface area contributed by atoms with Crippen LogP contribution in [0.1, 0.15) is 17.2 Å². The molecular weight excluding hydrogens is 416 g/mol. The SMILES string of the molecule is C=Cc1cc(N2c3ccccc3C3N=CC=CC32)cc(-n2c3ccccc3c3ncccc32)c1. The molecule has 0 saturated heterocycles. The average Bonchev–Trinajstić information content (AvgIpc) is 3.42. The lowest BCUT2D eigenvalue weighted by Crippen LogP contribution is -2.29. The summed E-state index contributed by atoms with van der Waals surface area (Å²) in [5.41, 5.74) is 9.02. The highest BCUT2D eigenvalue weighted by atomic mass is 15.2. The van der Waals surface area contributed by atoms with Crippen molar-refractivity contribution in [3.63, 3.8) is 0 Å². The van der Waals surface area contributed by atoms with Crippen molar-refractivity contribution in [2.75, 3.05) is 4.90 Å². The molecule has 0 spiro atoms. The second kappa shape index (κ2) is 7.29. The maximum atomic E-state index is 4.82. The van der Waals surface area contributed by atoms with Gasteiger partial charge in [0.15, 0.2) is 0 Å². The van der Waals surface area contributed by atoms with Gasteiger partial charge in [-0.05, 0) is 54.1 Å². The van der Waals surface area contributed by atoms with E-state index < -0.39 is 0 Å². The maximum Gasteiger partial charge on any atom is 0.101 e. The predicted molar refractivity (Wildman–Crippen MR) is 141 cm³/mol. The van der Waals surface area contributed by atoms with E-state index in [1.54, 1.807) is 0 Å². The topological polar surface area (TPSA) is 33.4 Å². The summed E-state index contributed by atoms with van der Waals surface area (Å²) in [7, 11) is 0. The monoisotopic (exact) mass is 438 g/mol. The van der Waals surface area contributed by atoms with Crippen molar-refractivity contribution in [2.45, 2.75) is 12.1 Å². The molecule has 0 N–H and O–H groups in total. The molecule has 2 aromatic heterocycles. The fourth-order valence-electron chi connectivity index (χ4n) is 5.49. The summed E-state index contributed by atoms with van der Waals surface area (Å²) in [6, 6.07) is 28.2. The van der Waals surface area contributed by atoms with Crippen molar-refractivity contribution in [1.82, 2.24) is 9.55 Å². The Morgan fingerprint density at radius 1 is 0.853 bits per heavy atom. The Bertz CT molecular complexity index is 1600. The van der Waals surface area contributed by atoms with Crippen LogP contribution in [0, 0.1) is 0 Å². The number of nitrogens with zero attached hydrogens (tertiary/aromatic N) is 4. The third-order valence-electron chi connectivity index (χ3n) is 6.90. The molecular formula is C30H22N4.